The Bertz CT molecular complexity index is 509. The molecule has 0 bridgehead atoms. The Hall–Kier alpha value is -1.77. The SMILES string of the molecule is CC(CCOC(=O)/C=C/c1ccc(N(C)C)cc1)CC(C)(C)C. The van der Waals surface area contributed by atoms with Crippen molar-refractivity contribution in [3.05, 3.63) is 35.9 Å². The number of nitrogens with zero attached hydrogens (tertiary/aromatic N) is 1. The lowest BCUT2D eigenvalue weighted by atomic mass is 9.84. The molecule has 1 aromatic carbocycles. The fraction of sp³-hybridized carbons (Fsp3) is 0.550. The van der Waals surface area contributed by atoms with Crippen LogP contribution in [0.3, 0.4) is 0 Å². The fourth-order valence-corrected chi connectivity index (χ4v) is 2.60. The number of ether oxygens (including phenoxy) is 1. The molecule has 1 rings (SSSR count). The summed E-state index contributed by atoms with van der Waals surface area (Å²) in [6, 6.07) is 8.04. The Morgan fingerprint density at radius 2 is 1.83 bits per heavy atom. The molecule has 23 heavy (non-hydrogen) atoms. The second-order valence-electron chi connectivity index (χ2n) is 7.65. The topological polar surface area (TPSA) is 29.5 Å². The summed E-state index contributed by atoms with van der Waals surface area (Å²) in [5, 5.41) is 0. The van der Waals surface area contributed by atoms with Crippen molar-refractivity contribution in [2.24, 2.45) is 11.3 Å². The van der Waals surface area contributed by atoms with Crippen LogP contribution in [0.15, 0.2) is 30.3 Å². The minimum absolute atomic E-state index is 0.273. The molecule has 0 N–H and O–H groups in total. The van der Waals surface area contributed by atoms with Gasteiger partial charge >= 0.3 is 5.97 Å². The monoisotopic (exact) mass is 317 g/mol. The number of hydrogen-bond acceptors (Lipinski definition) is 3. The summed E-state index contributed by atoms with van der Waals surface area (Å²) in [6.45, 7) is 9.40. The van der Waals surface area contributed by atoms with Crippen LogP contribution in [0.4, 0.5) is 5.69 Å². The van der Waals surface area contributed by atoms with Gasteiger partial charge in [0.05, 0.1) is 6.61 Å². The van der Waals surface area contributed by atoms with Crippen molar-refractivity contribution in [2.45, 2.75) is 40.5 Å². The molecule has 0 saturated carbocycles. The summed E-state index contributed by atoms with van der Waals surface area (Å²) in [6.07, 6.45) is 5.34. The van der Waals surface area contributed by atoms with Crippen LogP contribution in [-0.4, -0.2) is 26.7 Å². The van der Waals surface area contributed by atoms with E-state index in [-0.39, 0.29) is 5.97 Å². The summed E-state index contributed by atoms with van der Waals surface area (Å²) in [4.78, 5) is 13.8. The maximum atomic E-state index is 11.7. The van der Waals surface area contributed by atoms with Crippen LogP contribution < -0.4 is 4.90 Å². The molecule has 0 aromatic heterocycles. The predicted octanol–water partition coefficient (Wildman–Crippen LogP) is 4.77. The number of carbonyl (C=O) groups is 1. The van der Waals surface area contributed by atoms with Crippen LogP contribution in [0.1, 0.15) is 46.1 Å². The summed E-state index contributed by atoms with van der Waals surface area (Å²) in [7, 11) is 4.01. The largest absolute Gasteiger partial charge is 0.463 e. The zero-order valence-electron chi connectivity index (χ0n) is 15.4. The lowest BCUT2D eigenvalue weighted by Gasteiger charge is -2.22. The van der Waals surface area contributed by atoms with E-state index in [0.29, 0.717) is 17.9 Å². The molecule has 1 atom stereocenters. The maximum absolute atomic E-state index is 11.7. The minimum atomic E-state index is -0.273. The molecule has 0 aliphatic carbocycles. The van der Waals surface area contributed by atoms with Crippen molar-refractivity contribution in [1.82, 2.24) is 0 Å². The lowest BCUT2D eigenvalue weighted by molar-refractivity contribution is -0.138. The van der Waals surface area contributed by atoms with Crippen molar-refractivity contribution in [1.29, 1.82) is 0 Å². The zero-order chi connectivity index (χ0) is 17.5. The summed E-state index contributed by atoms with van der Waals surface area (Å²) in [5.74, 6) is 0.287. The van der Waals surface area contributed by atoms with Crippen molar-refractivity contribution in [2.75, 3.05) is 25.6 Å². The standard InChI is InChI=1S/C20H31NO2/c1-16(15-20(2,3)4)13-14-23-19(22)12-9-17-7-10-18(11-8-17)21(5)6/h7-12,16H,13-15H2,1-6H3/b12-9+. The van der Waals surface area contributed by atoms with Crippen molar-refractivity contribution in [3.63, 3.8) is 0 Å². The Kier molecular flexibility index (Phi) is 7.34. The highest BCUT2D eigenvalue weighted by Crippen LogP contribution is 2.25. The van der Waals surface area contributed by atoms with Gasteiger partial charge in [0.2, 0.25) is 0 Å². The Morgan fingerprint density at radius 3 is 2.35 bits per heavy atom. The number of esters is 1. The second-order valence-corrected chi connectivity index (χ2v) is 7.65. The van der Waals surface area contributed by atoms with Gasteiger partial charge in [0.25, 0.3) is 0 Å². The highest BCUT2D eigenvalue weighted by molar-refractivity contribution is 5.87. The van der Waals surface area contributed by atoms with Gasteiger partial charge < -0.3 is 9.64 Å². The van der Waals surface area contributed by atoms with E-state index in [0.717, 1.165) is 24.1 Å². The van der Waals surface area contributed by atoms with Gasteiger partial charge in [-0.1, -0.05) is 39.8 Å². The quantitative estimate of drug-likeness (QED) is 0.536. The minimum Gasteiger partial charge on any atom is -0.463 e. The third kappa shape index (κ3) is 8.44. The Morgan fingerprint density at radius 1 is 1.22 bits per heavy atom. The van der Waals surface area contributed by atoms with E-state index >= 15 is 0 Å². The van der Waals surface area contributed by atoms with Crippen molar-refractivity contribution >= 4 is 17.7 Å². The van der Waals surface area contributed by atoms with Crippen molar-refractivity contribution < 1.29 is 9.53 Å². The first kappa shape index (κ1) is 19.3. The number of carbonyl (C=O) groups excluding carboxylic acids is 1. The highest BCUT2D eigenvalue weighted by Gasteiger charge is 2.15. The first-order valence-electron chi connectivity index (χ1n) is 8.29. The third-order valence-corrected chi connectivity index (χ3v) is 3.64. The van der Waals surface area contributed by atoms with Crippen LogP contribution in [-0.2, 0) is 9.53 Å². The smallest absolute Gasteiger partial charge is 0.330 e. The van der Waals surface area contributed by atoms with Gasteiger partial charge in [0.15, 0.2) is 0 Å². The van der Waals surface area contributed by atoms with Gasteiger partial charge in [-0.15, -0.1) is 0 Å². The van der Waals surface area contributed by atoms with Crippen LogP contribution in [0, 0.1) is 11.3 Å². The third-order valence-electron chi connectivity index (χ3n) is 3.64. The highest BCUT2D eigenvalue weighted by atomic mass is 16.5. The van der Waals surface area contributed by atoms with E-state index in [9.17, 15) is 4.79 Å². The number of anilines is 1. The molecule has 0 aliphatic rings. The van der Waals surface area contributed by atoms with E-state index < -0.39 is 0 Å². The molecule has 0 spiro atoms. The molecular weight excluding hydrogens is 286 g/mol. The van der Waals surface area contributed by atoms with Crippen LogP contribution in [0.5, 0.6) is 0 Å². The van der Waals surface area contributed by atoms with Crippen LogP contribution >= 0.6 is 0 Å². The van der Waals surface area contributed by atoms with Gasteiger partial charge in [0, 0.05) is 25.9 Å². The average Bonchev–Trinajstić information content (AvgIpc) is 2.43. The molecule has 0 amide bonds. The molecular formula is C20H31NO2. The summed E-state index contributed by atoms with van der Waals surface area (Å²) < 4.78 is 5.28. The molecule has 1 unspecified atom stereocenters. The first-order valence-corrected chi connectivity index (χ1v) is 8.29. The molecule has 0 aliphatic heterocycles. The molecule has 3 nitrogen and oxygen atoms in total. The molecule has 0 heterocycles. The summed E-state index contributed by atoms with van der Waals surface area (Å²) >= 11 is 0. The molecule has 128 valence electrons. The number of benzene rings is 1. The normalized spacial score (nSPS) is 13.1. The molecule has 1 aromatic rings. The predicted molar refractivity (Wildman–Crippen MR) is 98.6 cm³/mol. The molecule has 0 saturated heterocycles. The van der Waals surface area contributed by atoms with Crippen LogP contribution in [0.25, 0.3) is 6.08 Å². The second kappa shape index (κ2) is 8.76. The zero-order valence-corrected chi connectivity index (χ0v) is 15.4. The van der Waals surface area contributed by atoms with Gasteiger partial charge in [0.1, 0.15) is 0 Å². The first-order chi connectivity index (χ1) is 10.7. The van der Waals surface area contributed by atoms with E-state index in [2.05, 4.69) is 27.7 Å². The number of hydrogen-bond donors (Lipinski definition) is 0. The van der Waals surface area contributed by atoms with E-state index in [1.54, 1.807) is 6.08 Å². The average molecular weight is 317 g/mol. The van der Waals surface area contributed by atoms with E-state index in [1.165, 1.54) is 6.08 Å². The fourth-order valence-electron chi connectivity index (χ4n) is 2.60. The molecule has 3 heteroatoms. The van der Waals surface area contributed by atoms with Crippen LogP contribution in [0.2, 0.25) is 0 Å². The lowest BCUT2D eigenvalue weighted by Crippen LogP contribution is -2.13. The van der Waals surface area contributed by atoms with Gasteiger partial charge in [-0.3, -0.25) is 0 Å². The van der Waals surface area contributed by atoms with Crippen molar-refractivity contribution in [3.8, 4) is 0 Å². The Labute approximate surface area is 141 Å². The summed E-state index contributed by atoms with van der Waals surface area (Å²) in [5.41, 5.74) is 2.45. The Balaban J connectivity index is 2.36. The maximum Gasteiger partial charge on any atom is 0.330 e. The van der Waals surface area contributed by atoms with Gasteiger partial charge in [-0.2, -0.15) is 0 Å². The van der Waals surface area contributed by atoms with Gasteiger partial charge in [-0.25, -0.2) is 4.79 Å². The van der Waals surface area contributed by atoms with Gasteiger partial charge in [-0.05, 0) is 47.9 Å². The van der Waals surface area contributed by atoms with E-state index in [1.807, 2.05) is 43.3 Å². The van der Waals surface area contributed by atoms with E-state index in [4.69, 9.17) is 4.74 Å². The number of rotatable bonds is 7. The molecule has 0 radical (unpaired) electrons. The molecule has 0 fully saturated rings.